The Morgan fingerprint density at radius 3 is 2.00 bits per heavy atom. The Morgan fingerprint density at radius 1 is 1.05 bits per heavy atom. The first-order valence-electron chi connectivity index (χ1n) is 6.32. The summed E-state index contributed by atoms with van der Waals surface area (Å²) in [5, 5.41) is 0. The van der Waals surface area contributed by atoms with Crippen molar-refractivity contribution in [3.8, 4) is 0 Å². The Hall–Kier alpha value is -0.440. The van der Waals surface area contributed by atoms with Crippen molar-refractivity contribution in [2.24, 2.45) is 5.73 Å². The monoisotopic (exact) mass is 325 g/mol. The standard InChI is InChI=1S/C11H20F5NO2S/c1-2-9(17)5-3-7-20(18,19)8-4-6-10(12,13)11(14,15)16/h9H,2-8,17H2,1H3. The van der Waals surface area contributed by atoms with Gasteiger partial charge in [0, 0.05) is 12.5 Å². The van der Waals surface area contributed by atoms with Gasteiger partial charge in [-0.2, -0.15) is 22.0 Å². The average molecular weight is 325 g/mol. The highest BCUT2D eigenvalue weighted by atomic mass is 32.2. The molecule has 1 unspecified atom stereocenters. The molecule has 0 fully saturated rings. The lowest BCUT2D eigenvalue weighted by atomic mass is 10.1. The van der Waals surface area contributed by atoms with Gasteiger partial charge in [0.05, 0.1) is 11.5 Å². The number of hydrogen-bond donors (Lipinski definition) is 1. The van der Waals surface area contributed by atoms with Crippen LogP contribution in [0.15, 0.2) is 0 Å². The predicted molar refractivity (Wildman–Crippen MR) is 66.4 cm³/mol. The van der Waals surface area contributed by atoms with Crippen LogP contribution in [-0.4, -0.2) is 38.1 Å². The highest BCUT2D eigenvalue weighted by molar-refractivity contribution is 7.91. The molecule has 0 aromatic carbocycles. The molecule has 0 radical (unpaired) electrons. The van der Waals surface area contributed by atoms with Gasteiger partial charge in [-0.3, -0.25) is 0 Å². The fourth-order valence-corrected chi connectivity index (χ4v) is 2.92. The number of alkyl halides is 5. The Morgan fingerprint density at radius 2 is 1.55 bits per heavy atom. The van der Waals surface area contributed by atoms with Crippen LogP contribution in [0.2, 0.25) is 0 Å². The summed E-state index contributed by atoms with van der Waals surface area (Å²) in [5.41, 5.74) is 5.59. The molecule has 0 spiro atoms. The number of nitrogens with two attached hydrogens (primary N) is 1. The fraction of sp³-hybridized carbons (Fsp3) is 1.00. The Kier molecular flexibility index (Phi) is 7.37. The molecule has 0 aliphatic carbocycles. The van der Waals surface area contributed by atoms with Crippen molar-refractivity contribution < 1.29 is 30.4 Å². The maximum absolute atomic E-state index is 12.6. The molecule has 0 bridgehead atoms. The van der Waals surface area contributed by atoms with Crippen LogP contribution in [0.5, 0.6) is 0 Å². The van der Waals surface area contributed by atoms with Gasteiger partial charge in [0.15, 0.2) is 0 Å². The lowest BCUT2D eigenvalue weighted by molar-refractivity contribution is -0.284. The SMILES string of the molecule is CCC(N)CCCS(=O)(=O)CCCC(F)(F)C(F)(F)F. The molecule has 3 nitrogen and oxygen atoms in total. The van der Waals surface area contributed by atoms with E-state index in [2.05, 4.69) is 0 Å². The Labute approximate surface area is 115 Å². The van der Waals surface area contributed by atoms with Gasteiger partial charge in [0.2, 0.25) is 0 Å². The number of halogens is 5. The van der Waals surface area contributed by atoms with Gasteiger partial charge < -0.3 is 5.73 Å². The van der Waals surface area contributed by atoms with Crippen molar-refractivity contribution in [1.82, 2.24) is 0 Å². The first-order chi connectivity index (χ1) is 8.91. The van der Waals surface area contributed by atoms with E-state index in [0.29, 0.717) is 12.8 Å². The summed E-state index contributed by atoms with van der Waals surface area (Å²) in [5.74, 6) is -5.74. The van der Waals surface area contributed by atoms with Crippen LogP contribution in [0.1, 0.15) is 39.0 Å². The minimum absolute atomic E-state index is 0.125. The zero-order chi connectivity index (χ0) is 16.0. The minimum atomic E-state index is -5.63. The molecule has 0 aliphatic heterocycles. The summed E-state index contributed by atoms with van der Waals surface area (Å²) in [7, 11) is -3.61. The average Bonchev–Trinajstić information content (AvgIpc) is 2.26. The van der Waals surface area contributed by atoms with E-state index in [1.54, 1.807) is 0 Å². The summed E-state index contributed by atoms with van der Waals surface area (Å²) in [6, 6.07) is -0.125. The van der Waals surface area contributed by atoms with Crippen molar-refractivity contribution in [2.75, 3.05) is 11.5 Å². The lowest BCUT2D eigenvalue weighted by Gasteiger charge is -2.19. The van der Waals surface area contributed by atoms with Crippen LogP contribution >= 0.6 is 0 Å². The number of hydrogen-bond acceptors (Lipinski definition) is 3. The first kappa shape index (κ1) is 19.6. The van der Waals surface area contributed by atoms with Crippen molar-refractivity contribution in [3.63, 3.8) is 0 Å². The molecule has 0 saturated carbocycles. The van der Waals surface area contributed by atoms with E-state index in [1.807, 2.05) is 6.92 Å². The van der Waals surface area contributed by atoms with Crippen LogP contribution < -0.4 is 5.73 Å². The van der Waals surface area contributed by atoms with Gasteiger partial charge in [-0.15, -0.1) is 0 Å². The molecule has 0 aliphatic rings. The third kappa shape index (κ3) is 7.37. The van der Waals surface area contributed by atoms with E-state index >= 15 is 0 Å². The van der Waals surface area contributed by atoms with Gasteiger partial charge in [-0.1, -0.05) is 6.92 Å². The molecule has 2 N–H and O–H groups in total. The normalized spacial score (nSPS) is 15.3. The van der Waals surface area contributed by atoms with E-state index in [4.69, 9.17) is 5.73 Å². The van der Waals surface area contributed by atoms with E-state index in [-0.39, 0.29) is 18.2 Å². The fourth-order valence-electron chi connectivity index (χ4n) is 1.53. The molecule has 9 heteroatoms. The molecule has 0 amide bonds. The first-order valence-corrected chi connectivity index (χ1v) is 8.14. The van der Waals surface area contributed by atoms with Crippen LogP contribution in [0, 0.1) is 0 Å². The molecule has 0 rings (SSSR count). The third-order valence-corrected chi connectivity index (χ3v) is 4.74. The Bertz CT molecular complexity index is 381. The second-order valence-corrected chi connectivity index (χ2v) is 7.07. The largest absolute Gasteiger partial charge is 0.453 e. The van der Waals surface area contributed by atoms with Gasteiger partial charge in [-0.05, 0) is 25.7 Å². The van der Waals surface area contributed by atoms with Crippen molar-refractivity contribution in [1.29, 1.82) is 0 Å². The topological polar surface area (TPSA) is 60.2 Å². The maximum Gasteiger partial charge on any atom is 0.453 e. The summed E-state index contributed by atoms with van der Waals surface area (Å²) in [6.07, 6.45) is -6.40. The van der Waals surface area contributed by atoms with E-state index < -0.39 is 40.5 Å². The summed E-state index contributed by atoms with van der Waals surface area (Å²) < 4.78 is 83.7. The van der Waals surface area contributed by atoms with Gasteiger partial charge in [-0.25, -0.2) is 8.42 Å². The molecule has 20 heavy (non-hydrogen) atoms. The second-order valence-electron chi connectivity index (χ2n) is 4.77. The zero-order valence-electron chi connectivity index (χ0n) is 11.2. The van der Waals surface area contributed by atoms with Gasteiger partial charge >= 0.3 is 12.1 Å². The van der Waals surface area contributed by atoms with Crippen LogP contribution in [0.25, 0.3) is 0 Å². The van der Waals surface area contributed by atoms with Crippen molar-refractivity contribution in [2.45, 2.75) is 57.2 Å². The van der Waals surface area contributed by atoms with Crippen LogP contribution in [-0.2, 0) is 9.84 Å². The lowest BCUT2D eigenvalue weighted by Crippen LogP contribution is -2.36. The quantitative estimate of drug-likeness (QED) is 0.663. The van der Waals surface area contributed by atoms with Crippen LogP contribution in [0.4, 0.5) is 22.0 Å². The molecular formula is C11H20F5NO2S. The van der Waals surface area contributed by atoms with Gasteiger partial charge in [0.1, 0.15) is 9.84 Å². The molecular weight excluding hydrogens is 305 g/mol. The molecule has 0 saturated heterocycles. The number of rotatable bonds is 9. The minimum Gasteiger partial charge on any atom is -0.328 e. The van der Waals surface area contributed by atoms with E-state index in [1.165, 1.54) is 0 Å². The second kappa shape index (κ2) is 7.53. The molecule has 122 valence electrons. The maximum atomic E-state index is 12.6. The van der Waals surface area contributed by atoms with E-state index in [0.717, 1.165) is 0 Å². The third-order valence-electron chi connectivity index (χ3n) is 2.92. The predicted octanol–water partition coefficient (Wildman–Crippen LogP) is 2.90. The zero-order valence-corrected chi connectivity index (χ0v) is 12.0. The highest BCUT2D eigenvalue weighted by Crippen LogP contribution is 2.38. The summed E-state index contributed by atoms with van der Waals surface area (Å²) in [6.45, 7) is 1.85. The van der Waals surface area contributed by atoms with Crippen LogP contribution in [0.3, 0.4) is 0 Å². The van der Waals surface area contributed by atoms with E-state index in [9.17, 15) is 30.4 Å². The summed E-state index contributed by atoms with van der Waals surface area (Å²) >= 11 is 0. The molecule has 0 aromatic heterocycles. The molecule has 0 aromatic rings. The molecule has 0 heterocycles. The van der Waals surface area contributed by atoms with Crippen molar-refractivity contribution in [3.05, 3.63) is 0 Å². The summed E-state index contributed by atoms with van der Waals surface area (Å²) in [4.78, 5) is 0. The Balaban J connectivity index is 4.12. The smallest absolute Gasteiger partial charge is 0.328 e. The molecule has 1 atom stereocenters. The van der Waals surface area contributed by atoms with Crippen molar-refractivity contribution >= 4 is 9.84 Å². The number of sulfone groups is 1. The van der Waals surface area contributed by atoms with Gasteiger partial charge in [0.25, 0.3) is 0 Å². The highest BCUT2D eigenvalue weighted by Gasteiger charge is 2.56.